The second kappa shape index (κ2) is 8.91. The number of fused-ring (bicyclic) bond motifs is 1. The van der Waals surface area contributed by atoms with Gasteiger partial charge in [-0.2, -0.15) is 0 Å². The molecule has 1 saturated carbocycles. The van der Waals surface area contributed by atoms with Crippen LogP contribution in [0.25, 0.3) is 16.9 Å². The second-order valence-electron chi connectivity index (χ2n) is 9.83. The van der Waals surface area contributed by atoms with E-state index in [1.165, 1.54) is 24.3 Å². The van der Waals surface area contributed by atoms with Crippen LogP contribution >= 0.6 is 0 Å². The molecule has 1 amide bonds. The van der Waals surface area contributed by atoms with Crippen molar-refractivity contribution in [2.45, 2.75) is 45.1 Å². The van der Waals surface area contributed by atoms with Gasteiger partial charge in [-0.05, 0) is 81.0 Å². The smallest absolute Gasteiger partial charge is 0.248 e. The summed E-state index contributed by atoms with van der Waals surface area (Å²) in [5, 5.41) is 18.2. The third-order valence-corrected chi connectivity index (χ3v) is 6.23. The molecule has 36 heavy (non-hydrogen) atoms. The Morgan fingerprint density at radius 1 is 1.25 bits per heavy atom. The van der Waals surface area contributed by atoms with Crippen molar-refractivity contribution in [3.63, 3.8) is 0 Å². The standard InChI is InChI=1S/C27H28FN5O3/c1-15-19(25(29)34)10-11-20(24(15)16-4-5-16)22-13-30-26-21(31-14-27(2,3)35)12-23(32-33(22)26)36-18-8-6-17(28)7-9-18/h6-13,16,31,35H,4-5,14H2,1-3H3,(H2,29,34). The van der Waals surface area contributed by atoms with Crippen molar-refractivity contribution < 1.29 is 19.0 Å². The molecule has 0 unspecified atom stereocenters. The minimum atomic E-state index is -0.964. The first-order valence-electron chi connectivity index (χ1n) is 11.8. The minimum Gasteiger partial charge on any atom is -0.438 e. The van der Waals surface area contributed by atoms with Crippen molar-refractivity contribution in [2.24, 2.45) is 5.73 Å². The van der Waals surface area contributed by atoms with E-state index in [1.807, 2.05) is 13.0 Å². The molecule has 2 aromatic carbocycles. The maximum absolute atomic E-state index is 13.4. The Bertz CT molecular complexity index is 1450. The van der Waals surface area contributed by atoms with Crippen molar-refractivity contribution in [3.05, 3.63) is 71.2 Å². The van der Waals surface area contributed by atoms with Gasteiger partial charge < -0.3 is 20.9 Å². The van der Waals surface area contributed by atoms with Gasteiger partial charge in [0, 0.05) is 23.7 Å². The number of carbonyl (C=O) groups is 1. The lowest BCUT2D eigenvalue weighted by atomic mass is 9.92. The van der Waals surface area contributed by atoms with Crippen LogP contribution < -0.4 is 15.8 Å². The van der Waals surface area contributed by atoms with Crippen LogP contribution in [0.15, 0.2) is 48.7 Å². The molecule has 1 aliphatic carbocycles. The number of nitrogens with zero attached hydrogens (tertiary/aromatic N) is 3. The molecule has 2 aromatic heterocycles. The SMILES string of the molecule is Cc1c(C(N)=O)ccc(-c2cnc3c(NCC(C)(C)O)cc(Oc4ccc(F)cc4)nn23)c1C1CC1. The number of anilines is 1. The Morgan fingerprint density at radius 2 is 1.97 bits per heavy atom. The molecule has 0 spiro atoms. The number of aromatic nitrogens is 3. The summed E-state index contributed by atoms with van der Waals surface area (Å²) >= 11 is 0. The average Bonchev–Trinajstić information content (AvgIpc) is 3.56. The minimum absolute atomic E-state index is 0.268. The molecule has 9 heteroatoms. The molecule has 1 fully saturated rings. The summed E-state index contributed by atoms with van der Waals surface area (Å²) in [6, 6.07) is 11.0. The molecule has 0 radical (unpaired) electrons. The van der Waals surface area contributed by atoms with E-state index in [-0.39, 0.29) is 18.2 Å². The van der Waals surface area contributed by atoms with E-state index in [2.05, 4.69) is 15.4 Å². The summed E-state index contributed by atoms with van der Waals surface area (Å²) < 4.78 is 21.0. The van der Waals surface area contributed by atoms with Gasteiger partial charge in [0.1, 0.15) is 11.6 Å². The Balaban J connectivity index is 1.66. The first kappa shape index (κ1) is 23.7. The summed E-state index contributed by atoms with van der Waals surface area (Å²) in [7, 11) is 0. The van der Waals surface area contributed by atoms with Gasteiger partial charge in [-0.25, -0.2) is 13.9 Å². The van der Waals surface area contributed by atoms with Crippen LogP contribution in [0.5, 0.6) is 11.6 Å². The maximum atomic E-state index is 13.4. The van der Waals surface area contributed by atoms with E-state index in [0.717, 1.165) is 35.2 Å². The summed E-state index contributed by atoms with van der Waals surface area (Å²) in [6.45, 7) is 5.60. The van der Waals surface area contributed by atoms with E-state index < -0.39 is 11.5 Å². The number of imidazole rings is 1. The fraction of sp³-hybridized carbons (Fsp3) is 0.296. The third kappa shape index (κ3) is 4.74. The monoisotopic (exact) mass is 489 g/mol. The van der Waals surface area contributed by atoms with E-state index in [4.69, 9.17) is 10.5 Å². The highest BCUT2D eigenvalue weighted by atomic mass is 19.1. The molecule has 0 saturated heterocycles. The highest BCUT2D eigenvalue weighted by Gasteiger charge is 2.31. The Morgan fingerprint density at radius 3 is 2.61 bits per heavy atom. The highest BCUT2D eigenvalue weighted by Crippen LogP contribution is 2.47. The van der Waals surface area contributed by atoms with Crippen molar-refractivity contribution in [1.29, 1.82) is 0 Å². The van der Waals surface area contributed by atoms with E-state index in [0.29, 0.717) is 28.6 Å². The largest absolute Gasteiger partial charge is 0.438 e. The zero-order valence-corrected chi connectivity index (χ0v) is 20.4. The van der Waals surface area contributed by atoms with Gasteiger partial charge in [0.25, 0.3) is 0 Å². The number of ether oxygens (including phenoxy) is 1. The van der Waals surface area contributed by atoms with Gasteiger partial charge in [-0.3, -0.25) is 4.79 Å². The van der Waals surface area contributed by atoms with Crippen LogP contribution in [0.1, 0.15) is 54.1 Å². The van der Waals surface area contributed by atoms with Gasteiger partial charge in [0.15, 0.2) is 5.65 Å². The van der Waals surface area contributed by atoms with Crippen LogP contribution in [-0.4, -0.2) is 37.8 Å². The summed E-state index contributed by atoms with van der Waals surface area (Å²) in [5.41, 5.74) is 9.94. The van der Waals surface area contributed by atoms with Gasteiger partial charge in [0.05, 0.1) is 23.2 Å². The molecule has 2 heterocycles. The number of nitrogens with one attached hydrogen (secondary N) is 1. The molecule has 0 aliphatic heterocycles. The molecule has 4 aromatic rings. The highest BCUT2D eigenvalue weighted by molar-refractivity contribution is 5.95. The molecule has 0 atom stereocenters. The number of primary amides is 1. The van der Waals surface area contributed by atoms with Crippen LogP contribution in [-0.2, 0) is 0 Å². The van der Waals surface area contributed by atoms with Crippen LogP contribution in [0.4, 0.5) is 10.1 Å². The third-order valence-electron chi connectivity index (χ3n) is 6.23. The number of hydrogen-bond acceptors (Lipinski definition) is 6. The number of aliphatic hydroxyl groups is 1. The second-order valence-corrected chi connectivity index (χ2v) is 9.83. The van der Waals surface area contributed by atoms with Crippen molar-refractivity contribution in [1.82, 2.24) is 14.6 Å². The van der Waals surface area contributed by atoms with Crippen molar-refractivity contribution in [3.8, 4) is 22.9 Å². The molecule has 0 bridgehead atoms. The van der Waals surface area contributed by atoms with E-state index in [9.17, 15) is 14.3 Å². The lowest BCUT2D eigenvalue weighted by Gasteiger charge is -2.19. The van der Waals surface area contributed by atoms with Crippen LogP contribution in [0, 0.1) is 12.7 Å². The van der Waals surface area contributed by atoms with Gasteiger partial charge in [-0.1, -0.05) is 6.07 Å². The maximum Gasteiger partial charge on any atom is 0.248 e. The van der Waals surface area contributed by atoms with Crippen LogP contribution in [0.2, 0.25) is 0 Å². The predicted octanol–water partition coefficient (Wildman–Crippen LogP) is 4.80. The lowest BCUT2D eigenvalue weighted by molar-refractivity contribution is 0.0944. The molecule has 1 aliphatic rings. The van der Waals surface area contributed by atoms with Crippen molar-refractivity contribution in [2.75, 3.05) is 11.9 Å². The number of halogens is 1. The molecule has 5 rings (SSSR count). The number of rotatable bonds is 8. The first-order valence-corrected chi connectivity index (χ1v) is 11.8. The normalized spacial score (nSPS) is 13.7. The van der Waals surface area contributed by atoms with Gasteiger partial charge in [-0.15, -0.1) is 5.10 Å². The number of amides is 1. The predicted molar refractivity (Wildman–Crippen MR) is 135 cm³/mol. The quantitative estimate of drug-likeness (QED) is 0.328. The Kier molecular flexibility index (Phi) is 5.88. The van der Waals surface area contributed by atoms with Gasteiger partial charge in [0.2, 0.25) is 11.8 Å². The first-order chi connectivity index (χ1) is 17.1. The van der Waals surface area contributed by atoms with E-state index >= 15 is 0 Å². The zero-order valence-electron chi connectivity index (χ0n) is 20.4. The summed E-state index contributed by atoms with van der Waals surface area (Å²) in [5.74, 6) is 0.225. The molecule has 8 nitrogen and oxygen atoms in total. The fourth-order valence-corrected chi connectivity index (χ4v) is 4.36. The van der Waals surface area contributed by atoms with Gasteiger partial charge >= 0.3 is 0 Å². The summed E-state index contributed by atoms with van der Waals surface area (Å²) in [6.07, 6.45) is 3.82. The Hall–Kier alpha value is -3.98. The number of nitrogens with two attached hydrogens (primary N) is 1. The lowest BCUT2D eigenvalue weighted by Crippen LogP contribution is -2.29. The fourth-order valence-electron chi connectivity index (χ4n) is 4.36. The van der Waals surface area contributed by atoms with Crippen LogP contribution in [0.3, 0.4) is 0 Å². The Labute approximate surface area is 207 Å². The number of carbonyl (C=O) groups excluding carboxylic acids is 1. The van der Waals surface area contributed by atoms with E-state index in [1.54, 1.807) is 36.7 Å². The zero-order chi connectivity index (χ0) is 25.6. The molecular formula is C27H28FN5O3. The topological polar surface area (TPSA) is 115 Å². The number of hydrogen-bond donors (Lipinski definition) is 3. The molecule has 186 valence electrons. The van der Waals surface area contributed by atoms with Crippen molar-refractivity contribution >= 4 is 17.2 Å². The molecular weight excluding hydrogens is 461 g/mol. The number of benzene rings is 2. The molecule has 4 N–H and O–H groups in total. The average molecular weight is 490 g/mol. The summed E-state index contributed by atoms with van der Waals surface area (Å²) in [4.78, 5) is 16.6.